The number of carbonyl (C=O) groups is 1. The van der Waals surface area contributed by atoms with E-state index in [1.807, 2.05) is 12.1 Å². The summed E-state index contributed by atoms with van der Waals surface area (Å²) in [5.74, 6) is -0.0173. The number of nitrogens with one attached hydrogen (secondary N) is 1. The number of anilines is 2. The van der Waals surface area contributed by atoms with Crippen LogP contribution in [-0.2, 0) is 17.6 Å². The quantitative estimate of drug-likeness (QED) is 0.499. The summed E-state index contributed by atoms with van der Waals surface area (Å²) in [6, 6.07) is 14.5. The molecule has 1 amide bonds. The molecule has 5 nitrogen and oxygen atoms in total. The van der Waals surface area contributed by atoms with Crippen LogP contribution in [0, 0.1) is 0 Å². The molecule has 1 heterocycles. The average molecular weight is 441 g/mol. The maximum atomic E-state index is 13.4. The van der Waals surface area contributed by atoms with Crippen LogP contribution < -0.4 is 15.0 Å². The third-order valence-electron chi connectivity index (χ3n) is 4.52. The zero-order chi connectivity index (χ0) is 23.1. The van der Waals surface area contributed by atoms with Crippen molar-refractivity contribution in [2.75, 3.05) is 24.3 Å². The Morgan fingerprint density at radius 2 is 1.88 bits per heavy atom. The second-order valence-corrected chi connectivity index (χ2v) is 7.16. The number of halogens is 3. The summed E-state index contributed by atoms with van der Waals surface area (Å²) < 4.78 is 45.9. The number of carbonyl (C=O) groups excluding carboxylic acids is 1. The van der Waals surface area contributed by atoms with Gasteiger partial charge in [0.1, 0.15) is 12.4 Å². The summed E-state index contributed by atoms with van der Waals surface area (Å²) in [7, 11) is 3.29. The molecule has 0 spiro atoms. The highest BCUT2D eigenvalue weighted by molar-refractivity contribution is 6.02. The maximum Gasteiger partial charge on any atom is 0.418 e. The highest BCUT2D eigenvalue weighted by Crippen LogP contribution is 2.37. The Labute approximate surface area is 184 Å². The van der Waals surface area contributed by atoms with Gasteiger partial charge in [-0.3, -0.25) is 9.78 Å². The molecule has 166 valence electrons. The topological polar surface area (TPSA) is 54.5 Å². The minimum atomic E-state index is -4.59. The molecule has 0 saturated heterocycles. The molecule has 8 heteroatoms. The lowest BCUT2D eigenvalue weighted by atomic mass is 10.1. The summed E-state index contributed by atoms with van der Waals surface area (Å²) in [5, 5.41) is 2.31. The van der Waals surface area contributed by atoms with E-state index in [1.165, 1.54) is 24.3 Å². The number of amides is 1. The number of rotatable bonds is 7. The van der Waals surface area contributed by atoms with Gasteiger partial charge in [0.25, 0.3) is 0 Å². The number of pyridine rings is 1. The molecule has 3 aromatic rings. The average Bonchev–Trinajstić information content (AvgIpc) is 2.77. The predicted octanol–water partition coefficient (Wildman–Crippen LogP) is 5.40. The van der Waals surface area contributed by atoms with E-state index in [0.29, 0.717) is 23.6 Å². The Bertz CT molecular complexity index is 1080. The fraction of sp³-hybridized carbons (Fsp3) is 0.167. The molecule has 0 aliphatic carbocycles. The first-order valence-electron chi connectivity index (χ1n) is 9.72. The van der Waals surface area contributed by atoms with E-state index in [4.69, 9.17) is 4.74 Å². The van der Waals surface area contributed by atoms with Crippen LogP contribution in [0.3, 0.4) is 0 Å². The Morgan fingerprint density at radius 1 is 1.12 bits per heavy atom. The van der Waals surface area contributed by atoms with Crippen LogP contribution in [0.5, 0.6) is 5.75 Å². The highest BCUT2D eigenvalue weighted by atomic mass is 19.4. The first-order valence-corrected chi connectivity index (χ1v) is 9.72. The fourth-order valence-electron chi connectivity index (χ4n) is 2.83. The third kappa shape index (κ3) is 6.34. The van der Waals surface area contributed by atoms with Crippen LogP contribution in [0.25, 0.3) is 6.08 Å². The zero-order valence-electron chi connectivity index (χ0n) is 17.6. The molecule has 0 fully saturated rings. The molecule has 1 aromatic heterocycles. The Balaban J connectivity index is 1.63. The molecular formula is C24H22F3N3O2. The van der Waals surface area contributed by atoms with Gasteiger partial charge in [-0.25, -0.2) is 0 Å². The SMILES string of the molecule is CN(C)c1ccc(NC(=O)C=Cc2ccc(OCc3cccnc3)cc2)c(C(F)(F)F)c1. The summed E-state index contributed by atoms with van der Waals surface area (Å²) in [6.07, 6.45) is 1.51. The van der Waals surface area contributed by atoms with Gasteiger partial charge in [0, 0.05) is 43.8 Å². The second kappa shape index (κ2) is 10.00. The number of hydrogen-bond acceptors (Lipinski definition) is 4. The summed E-state index contributed by atoms with van der Waals surface area (Å²) in [5.41, 5.74) is 0.826. The van der Waals surface area contributed by atoms with Gasteiger partial charge in [-0.2, -0.15) is 13.2 Å². The van der Waals surface area contributed by atoms with Crippen LogP contribution >= 0.6 is 0 Å². The zero-order valence-corrected chi connectivity index (χ0v) is 17.6. The van der Waals surface area contributed by atoms with Crippen molar-refractivity contribution in [1.29, 1.82) is 0 Å². The van der Waals surface area contributed by atoms with Crippen LogP contribution in [0.15, 0.2) is 73.1 Å². The summed E-state index contributed by atoms with van der Waals surface area (Å²) in [6.45, 7) is 0.375. The van der Waals surface area contributed by atoms with Gasteiger partial charge < -0.3 is 15.0 Å². The first-order chi connectivity index (χ1) is 15.2. The minimum Gasteiger partial charge on any atom is -0.489 e. The van der Waals surface area contributed by atoms with Crippen molar-refractivity contribution in [3.63, 3.8) is 0 Å². The molecule has 0 radical (unpaired) electrons. The molecule has 0 aliphatic heterocycles. The Morgan fingerprint density at radius 3 is 2.50 bits per heavy atom. The van der Waals surface area contributed by atoms with Gasteiger partial charge in [-0.1, -0.05) is 18.2 Å². The Hall–Kier alpha value is -3.81. The van der Waals surface area contributed by atoms with E-state index in [9.17, 15) is 18.0 Å². The maximum absolute atomic E-state index is 13.4. The number of hydrogen-bond donors (Lipinski definition) is 1. The molecular weight excluding hydrogens is 419 g/mol. The molecule has 0 unspecified atom stereocenters. The van der Waals surface area contributed by atoms with E-state index < -0.39 is 17.6 Å². The third-order valence-corrected chi connectivity index (χ3v) is 4.52. The van der Waals surface area contributed by atoms with Crippen LogP contribution in [0.2, 0.25) is 0 Å². The lowest BCUT2D eigenvalue weighted by Crippen LogP contribution is -2.16. The van der Waals surface area contributed by atoms with Gasteiger partial charge in [0.15, 0.2) is 0 Å². The predicted molar refractivity (Wildman–Crippen MR) is 118 cm³/mol. The standard InChI is InChI=1S/C24H22F3N3O2/c1-30(2)19-8-11-22(21(14-19)24(25,26)27)29-23(31)12-7-17-5-9-20(10-6-17)32-16-18-4-3-13-28-15-18/h3-15H,16H2,1-2H3,(H,29,31). The van der Waals surface area contributed by atoms with Gasteiger partial charge in [0.05, 0.1) is 11.3 Å². The van der Waals surface area contributed by atoms with Crippen molar-refractivity contribution in [3.8, 4) is 5.75 Å². The molecule has 2 aromatic carbocycles. The van der Waals surface area contributed by atoms with Crippen molar-refractivity contribution >= 4 is 23.4 Å². The second-order valence-electron chi connectivity index (χ2n) is 7.16. The molecule has 3 rings (SSSR count). The van der Waals surface area contributed by atoms with Crippen molar-refractivity contribution in [2.45, 2.75) is 12.8 Å². The van der Waals surface area contributed by atoms with E-state index in [2.05, 4.69) is 10.3 Å². The van der Waals surface area contributed by atoms with Crippen LogP contribution in [0.4, 0.5) is 24.5 Å². The van der Waals surface area contributed by atoms with E-state index in [1.54, 1.807) is 55.7 Å². The summed E-state index contributed by atoms with van der Waals surface area (Å²) in [4.78, 5) is 17.8. The fourth-order valence-corrected chi connectivity index (χ4v) is 2.83. The van der Waals surface area contributed by atoms with Crippen molar-refractivity contribution < 1.29 is 22.7 Å². The molecule has 0 atom stereocenters. The number of nitrogens with zero attached hydrogens (tertiary/aromatic N) is 2. The van der Waals surface area contributed by atoms with Crippen molar-refractivity contribution in [3.05, 3.63) is 89.8 Å². The molecule has 0 bridgehead atoms. The largest absolute Gasteiger partial charge is 0.489 e. The smallest absolute Gasteiger partial charge is 0.418 e. The number of alkyl halides is 3. The number of aromatic nitrogens is 1. The molecule has 0 aliphatic rings. The highest BCUT2D eigenvalue weighted by Gasteiger charge is 2.34. The lowest BCUT2D eigenvalue weighted by molar-refractivity contribution is -0.136. The van der Waals surface area contributed by atoms with E-state index in [0.717, 1.165) is 11.6 Å². The molecule has 32 heavy (non-hydrogen) atoms. The number of ether oxygens (including phenoxy) is 1. The normalized spacial score (nSPS) is 11.4. The monoisotopic (exact) mass is 441 g/mol. The molecule has 0 saturated carbocycles. The number of benzene rings is 2. The van der Waals surface area contributed by atoms with Gasteiger partial charge in [-0.15, -0.1) is 0 Å². The van der Waals surface area contributed by atoms with Gasteiger partial charge >= 0.3 is 6.18 Å². The summed E-state index contributed by atoms with van der Waals surface area (Å²) >= 11 is 0. The van der Waals surface area contributed by atoms with Gasteiger partial charge in [0.2, 0.25) is 5.91 Å². The van der Waals surface area contributed by atoms with E-state index >= 15 is 0 Å². The first kappa shape index (κ1) is 22.9. The minimum absolute atomic E-state index is 0.295. The van der Waals surface area contributed by atoms with Crippen LogP contribution in [0.1, 0.15) is 16.7 Å². The lowest BCUT2D eigenvalue weighted by Gasteiger charge is -2.18. The van der Waals surface area contributed by atoms with Crippen molar-refractivity contribution in [2.24, 2.45) is 0 Å². The molecule has 1 N–H and O–H groups in total. The van der Waals surface area contributed by atoms with E-state index in [-0.39, 0.29) is 5.69 Å². The van der Waals surface area contributed by atoms with Crippen molar-refractivity contribution in [1.82, 2.24) is 4.98 Å². The Kier molecular flexibility index (Phi) is 7.14. The van der Waals surface area contributed by atoms with Crippen LogP contribution in [-0.4, -0.2) is 25.0 Å². The van der Waals surface area contributed by atoms with Gasteiger partial charge in [-0.05, 0) is 48.0 Å².